The minimum atomic E-state index is -0.295. The molecule has 3 heterocycles. The second kappa shape index (κ2) is 5.56. The zero-order chi connectivity index (χ0) is 16.7. The predicted molar refractivity (Wildman–Crippen MR) is 89.4 cm³/mol. The maximum atomic E-state index is 13.1. The number of benzene rings is 1. The first-order chi connectivity index (χ1) is 11.6. The van der Waals surface area contributed by atoms with E-state index in [0.717, 1.165) is 28.4 Å². The fraction of sp³-hybridized carbons (Fsp3) is 0.222. The molecule has 4 rings (SSSR count). The molecule has 122 valence electrons. The van der Waals surface area contributed by atoms with Crippen molar-refractivity contribution >= 4 is 11.6 Å². The van der Waals surface area contributed by atoms with E-state index in [4.69, 9.17) is 4.42 Å². The molecule has 1 aromatic carbocycles. The van der Waals surface area contributed by atoms with Gasteiger partial charge in [0.25, 0.3) is 5.91 Å². The van der Waals surface area contributed by atoms with E-state index in [0.29, 0.717) is 12.1 Å². The zero-order valence-electron chi connectivity index (χ0n) is 13.5. The summed E-state index contributed by atoms with van der Waals surface area (Å²) in [4.78, 5) is 14.9. The van der Waals surface area contributed by atoms with Gasteiger partial charge in [0, 0.05) is 16.9 Å². The summed E-state index contributed by atoms with van der Waals surface area (Å²) in [6.07, 6.45) is 1.32. The minimum absolute atomic E-state index is 0.0225. The normalized spacial score (nSPS) is 16.8. The fourth-order valence-electron chi connectivity index (χ4n) is 3.22. The Balaban J connectivity index is 1.81. The quantitative estimate of drug-likeness (QED) is 0.775. The van der Waals surface area contributed by atoms with Gasteiger partial charge in [-0.3, -0.25) is 9.89 Å². The summed E-state index contributed by atoms with van der Waals surface area (Å²) in [5.74, 6) is 0.721. The largest absolute Gasteiger partial charge is 0.467 e. The van der Waals surface area contributed by atoms with Crippen LogP contribution in [0.1, 0.15) is 39.2 Å². The molecule has 0 aliphatic carbocycles. The Kier molecular flexibility index (Phi) is 3.37. The topological polar surface area (TPSA) is 74.2 Å². The number of aromatic amines is 1. The maximum absolute atomic E-state index is 13.1. The van der Waals surface area contributed by atoms with Crippen LogP contribution in [-0.2, 0) is 6.54 Å². The van der Waals surface area contributed by atoms with Gasteiger partial charge in [-0.1, -0.05) is 12.1 Å². The molecule has 3 aromatic rings. The van der Waals surface area contributed by atoms with Crippen molar-refractivity contribution in [3.05, 3.63) is 70.9 Å². The zero-order valence-corrected chi connectivity index (χ0v) is 13.5. The molecule has 1 atom stereocenters. The molecule has 0 radical (unpaired) electrons. The molecular formula is C18H18N4O2. The van der Waals surface area contributed by atoms with E-state index in [1.165, 1.54) is 0 Å². The van der Waals surface area contributed by atoms with Crippen molar-refractivity contribution in [2.24, 2.45) is 0 Å². The van der Waals surface area contributed by atoms with Crippen LogP contribution in [0.25, 0.3) is 0 Å². The number of aromatic nitrogens is 2. The van der Waals surface area contributed by atoms with Gasteiger partial charge in [0.2, 0.25) is 0 Å². The highest BCUT2D eigenvalue weighted by Gasteiger charge is 2.35. The van der Waals surface area contributed by atoms with E-state index < -0.39 is 0 Å². The van der Waals surface area contributed by atoms with E-state index in [2.05, 4.69) is 15.5 Å². The number of nitrogens with zero attached hydrogens (tertiary/aromatic N) is 2. The Morgan fingerprint density at radius 2 is 2.04 bits per heavy atom. The van der Waals surface area contributed by atoms with Gasteiger partial charge in [-0.15, -0.1) is 0 Å². The first-order valence-corrected chi connectivity index (χ1v) is 7.85. The van der Waals surface area contributed by atoms with E-state index >= 15 is 0 Å². The summed E-state index contributed by atoms with van der Waals surface area (Å²) in [5.41, 5.74) is 4.31. The lowest BCUT2D eigenvalue weighted by Crippen LogP contribution is -2.42. The number of rotatable bonds is 3. The standard InChI is InChI=1S/C18H18N4O2/c1-11-16(12(2)21-20-11)17-19-15-8-4-3-7-14(15)18(23)22(17)10-13-6-5-9-24-13/h3-9,17,19H,10H2,1-2H3,(H,20,21)/t17-/m0/s1. The number of nitrogens with one attached hydrogen (secondary N) is 2. The molecule has 1 amide bonds. The Hall–Kier alpha value is -3.02. The lowest BCUT2D eigenvalue weighted by Gasteiger charge is -2.37. The number of anilines is 1. The third-order valence-electron chi connectivity index (χ3n) is 4.39. The molecule has 0 saturated heterocycles. The maximum Gasteiger partial charge on any atom is 0.258 e. The lowest BCUT2D eigenvalue weighted by molar-refractivity contribution is 0.0650. The summed E-state index contributed by atoms with van der Waals surface area (Å²) >= 11 is 0. The average molecular weight is 322 g/mol. The number of fused-ring (bicyclic) bond motifs is 1. The number of amides is 1. The smallest absolute Gasteiger partial charge is 0.258 e. The van der Waals surface area contributed by atoms with Gasteiger partial charge in [-0.05, 0) is 38.1 Å². The van der Waals surface area contributed by atoms with E-state index in [-0.39, 0.29) is 12.1 Å². The van der Waals surface area contributed by atoms with E-state index in [1.54, 1.807) is 11.2 Å². The first-order valence-electron chi connectivity index (χ1n) is 7.85. The van der Waals surface area contributed by atoms with Crippen molar-refractivity contribution in [2.45, 2.75) is 26.6 Å². The number of H-pyrrole nitrogens is 1. The molecule has 0 fully saturated rings. The number of furan rings is 1. The van der Waals surface area contributed by atoms with Crippen LogP contribution >= 0.6 is 0 Å². The molecule has 2 N–H and O–H groups in total. The second-order valence-electron chi connectivity index (χ2n) is 5.95. The van der Waals surface area contributed by atoms with E-state index in [9.17, 15) is 4.79 Å². The summed E-state index contributed by atoms with van der Waals surface area (Å²) in [5, 5.41) is 10.8. The molecule has 1 aliphatic heterocycles. The Morgan fingerprint density at radius 1 is 1.21 bits per heavy atom. The van der Waals surface area contributed by atoms with Crippen molar-refractivity contribution in [1.82, 2.24) is 15.1 Å². The van der Waals surface area contributed by atoms with Crippen LogP contribution in [0.5, 0.6) is 0 Å². The lowest BCUT2D eigenvalue weighted by atomic mass is 10.0. The molecule has 0 spiro atoms. The van der Waals surface area contributed by atoms with Gasteiger partial charge in [0.1, 0.15) is 11.9 Å². The highest BCUT2D eigenvalue weighted by atomic mass is 16.3. The second-order valence-corrected chi connectivity index (χ2v) is 5.95. The van der Waals surface area contributed by atoms with Crippen LogP contribution in [-0.4, -0.2) is 21.0 Å². The highest BCUT2D eigenvalue weighted by Crippen LogP contribution is 2.36. The SMILES string of the molecule is Cc1n[nH]c(C)c1[C@H]1Nc2ccccc2C(=O)N1Cc1ccco1. The molecule has 0 bridgehead atoms. The van der Waals surface area contributed by atoms with Crippen LogP contribution in [0.15, 0.2) is 47.1 Å². The Morgan fingerprint density at radius 3 is 2.75 bits per heavy atom. The van der Waals surface area contributed by atoms with Crippen molar-refractivity contribution in [2.75, 3.05) is 5.32 Å². The van der Waals surface area contributed by atoms with Crippen LogP contribution in [0.3, 0.4) is 0 Å². The summed E-state index contributed by atoms with van der Waals surface area (Å²) in [7, 11) is 0. The number of carbonyl (C=O) groups is 1. The Bertz CT molecular complexity index is 863. The van der Waals surface area contributed by atoms with Gasteiger partial charge in [-0.25, -0.2) is 0 Å². The van der Waals surface area contributed by atoms with Gasteiger partial charge in [0.05, 0.1) is 24.1 Å². The van der Waals surface area contributed by atoms with E-state index in [1.807, 2.05) is 50.2 Å². The number of carbonyl (C=O) groups excluding carboxylic acids is 1. The predicted octanol–water partition coefficient (Wildman–Crippen LogP) is 3.39. The van der Waals surface area contributed by atoms with Gasteiger partial charge >= 0.3 is 0 Å². The number of hydrogen-bond donors (Lipinski definition) is 2. The average Bonchev–Trinajstić information content (AvgIpc) is 3.20. The number of hydrogen-bond acceptors (Lipinski definition) is 4. The molecule has 0 unspecified atom stereocenters. The van der Waals surface area contributed by atoms with Crippen molar-refractivity contribution in [1.29, 1.82) is 0 Å². The molecular weight excluding hydrogens is 304 g/mol. The fourth-order valence-corrected chi connectivity index (χ4v) is 3.22. The van der Waals surface area contributed by atoms with Crippen LogP contribution < -0.4 is 5.32 Å². The minimum Gasteiger partial charge on any atom is -0.467 e. The first kappa shape index (κ1) is 14.6. The molecule has 24 heavy (non-hydrogen) atoms. The summed E-state index contributed by atoms with van der Waals surface area (Å²) in [6.45, 7) is 4.30. The van der Waals surface area contributed by atoms with Crippen molar-refractivity contribution < 1.29 is 9.21 Å². The third kappa shape index (κ3) is 2.27. The van der Waals surface area contributed by atoms with Crippen molar-refractivity contribution in [3.8, 4) is 0 Å². The Labute approximate surface area is 139 Å². The van der Waals surface area contributed by atoms with Crippen LogP contribution in [0.2, 0.25) is 0 Å². The van der Waals surface area contributed by atoms with Crippen molar-refractivity contribution in [3.63, 3.8) is 0 Å². The number of aryl methyl sites for hydroxylation is 2. The van der Waals surface area contributed by atoms with Crippen LogP contribution in [0, 0.1) is 13.8 Å². The van der Waals surface area contributed by atoms with Gasteiger partial charge in [-0.2, -0.15) is 5.10 Å². The van der Waals surface area contributed by atoms with Gasteiger partial charge in [0.15, 0.2) is 0 Å². The molecule has 2 aromatic heterocycles. The van der Waals surface area contributed by atoms with Gasteiger partial charge < -0.3 is 14.6 Å². The number of para-hydroxylation sites is 1. The highest BCUT2D eigenvalue weighted by molar-refractivity contribution is 6.01. The molecule has 1 aliphatic rings. The third-order valence-corrected chi connectivity index (χ3v) is 4.39. The summed E-state index contributed by atoms with van der Waals surface area (Å²) < 4.78 is 5.45. The summed E-state index contributed by atoms with van der Waals surface area (Å²) in [6, 6.07) is 11.3. The molecule has 0 saturated carbocycles. The molecule has 6 heteroatoms. The van der Waals surface area contributed by atoms with Crippen LogP contribution in [0.4, 0.5) is 5.69 Å². The monoisotopic (exact) mass is 322 g/mol. The molecule has 6 nitrogen and oxygen atoms in total.